The summed E-state index contributed by atoms with van der Waals surface area (Å²) in [6, 6.07) is 3.01. The normalized spacial score (nSPS) is 15.0. The molecule has 2 rings (SSSR count). The molecule has 0 bridgehead atoms. The van der Waals surface area contributed by atoms with Crippen LogP contribution in [0.15, 0.2) is 40.9 Å². The molecule has 0 radical (unpaired) electrons. The van der Waals surface area contributed by atoms with Gasteiger partial charge in [0, 0.05) is 17.6 Å². The van der Waals surface area contributed by atoms with Crippen LogP contribution in [0.3, 0.4) is 0 Å². The Hall–Kier alpha value is -3.40. The average Bonchev–Trinajstić information content (AvgIpc) is 2.73. The van der Waals surface area contributed by atoms with Crippen LogP contribution in [-0.4, -0.2) is 49.1 Å². The molecule has 1 aliphatic heterocycles. The van der Waals surface area contributed by atoms with Crippen molar-refractivity contribution in [2.24, 2.45) is 5.92 Å². The van der Waals surface area contributed by atoms with E-state index in [2.05, 4.69) is 15.6 Å². The lowest BCUT2D eigenvalue weighted by Gasteiger charge is -2.29. The third-order valence-electron chi connectivity index (χ3n) is 4.45. The minimum atomic E-state index is -1.44. The van der Waals surface area contributed by atoms with E-state index in [1.165, 1.54) is 25.3 Å². The van der Waals surface area contributed by atoms with Crippen LogP contribution >= 0.6 is 11.6 Å². The molecule has 1 amide bonds. The third-order valence-corrected chi connectivity index (χ3v) is 4.67. The lowest BCUT2D eigenvalue weighted by atomic mass is 9.85. The maximum Gasteiger partial charge on any atom is 0.336 e. The standard InChI is InChI=1S/C20H22ClN3O7/c1-9-14(18(26)29-4)16(15(10(2)23-9)19(27)30-5)20(28)31-11(3)17(25)24-13-7-6-12(21)8-22-13/h6-8,11,16,23H,1-5H3,(H,22,24,25)/t11-/m0/s1. The lowest BCUT2D eigenvalue weighted by molar-refractivity contribution is -0.157. The molecule has 31 heavy (non-hydrogen) atoms. The Balaban J connectivity index is 2.29. The number of allylic oxidation sites excluding steroid dienone is 2. The zero-order valence-electron chi connectivity index (χ0n) is 17.6. The number of amides is 1. The Morgan fingerprint density at radius 3 is 2.06 bits per heavy atom. The van der Waals surface area contributed by atoms with Crippen molar-refractivity contribution in [3.8, 4) is 0 Å². The third kappa shape index (κ3) is 5.40. The summed E-state index contributed by atoms with van der Waals surface area (Å²) >= 11 is 5.76. The quantitative estimate of drug-likeness (QED) is 0.489. The van der Waals surface area contributed by atoms with Gasteiger partial charge in [-0.3, -0.25) is 9.59 Å². The number of pyridine rings is 1. The number of hydrogen-bond acceptors (Lipinski definition) is 9. The fourth-order valence-electron chi connectivity index (χ4n) is 2.96. The molecule has 0 aromatic carbocycles. The van der Waals surface area contributed by atoms with Crippen LogP contribution in [0.5, 0.6) is 0 Å². The number of esters is 3. The lowest BCUT2D eigenvalue weighted by Crippen LogP contribution is -2.40. The maximum absolute atomic E-state index is 13.0. The SMILES string of the molecule is COC(=O)C1=C(C)NC(C)=C(C(=O)OC)C1C(=O)O[C@@H](C)C(=O)Nc1ccc(Cl)cn1. The van der Waals surface area contributed by atoms with Crippen molar-refractivity contribution in [1.29, 1.82) is 0 Å². The van der Waals surface area contributed by atoms with Gasteiger partial charge in [-0.2, -0.15) is 0 Å². The molecular formula is C20H22ClN3O7. The van der Waals surface area contributed by atoms with Crippen molar-refractivity contribution in [2.75, 3.05) is 19.5 Å². The first kappa shape index (κ1) is 23.9. The first-order valence-electron chi connectivity index (χ1n) is 9.08. The first-order chi connectivity index (χ1) is 14.6. The van der Waals surface area contributed by atoms with Crippen LogP contribution in [0.4, 0.5) is 5.82 Å². The minimum Gasteiger partial charge on any atom is -0.466 e. The van der Waals surface area contributed by atoms with Crippen molar-refractivity contribution in [3.63, 3.8) is 0 Å². The van der Waals surface area contributed by atoms with Gasteiger partial charge in [0.15, 0.2) is 6.10 Å². The van der Waals surface area contributed by atoms with Crippen LogP contribution in [0, 0.1) is 5.92 Å². The molecule has 10 nitrogen and oxygen atoms in total. The van der Waals surface area contributed by atoms with E-state index in [9.17, 15) is 19.2 Å². The van der Waals surface area contributed by atoms with Gasteiger partial charge in [0.2, 0.25) is 0 Å². The highest BCUT2D eigenvalue weighted by Crippen LogP contribution is 2.32. The summed E-state index contributed by atoms with van der Waals surface area (Å²) in [7, 11) is 2.28. The highest BCUT2D eigenvalue weighted by molar-refractivity contribution is 6.30. The topological polar surface area (TPSA) is 133 Å². The molecular weight excluding hydrogens is 430 g/mol. The van der Waals surface area contributed by atoms with E-state index >= 15 is 0 Å². The molecule has 1 atom stereocenters. The van der Waals surface area contributed by atoms with E-state index in [0.717, 1.165) is 14.2 Å². The zero-order valence-corrected chi connectivity index (χ0v) is 18.3. The molecule has 1 aliphatic rings. The van der Waals surface area contributed by atoms with E-state index in [1.54, 1.807) is 13.8 Å². The van der Waals surface area contributed by atoms with E-state index in [1.807, 2.05) is 0 Å². The second-order valence-electron chi connectivity index (χ2n) is 6.55. The van der Waals surface area contributed by atoms with Gasteiger partial charge in [-0.05, 0) is 32.9 Å². The fourth-order valence-corrected chi connectivity index (χ4v) is 3.08. The van der Waals surface area contributed by atoms with E-state index in [4.69, 9.17) is 25.8 Å². The summed E-state index contributed by atoms with van der Waals surface area (Å²) < 4.78 is 14.8. The number of nitrogens with zero attached hydrogens (tertiary/aromatic N) is 1. The van der Waals surface area contributed by atoms with E-state index < -0.39 is 35.8 Å². The number of aromatic nitrogens is 1. The van der Waals surface area contributed by atoms with Crippen LogP contribution in [0.2, 0.25) is 5.02 Å². The number of carbonyl (C=O) groups excluding carboxylic acids is 4. The Morgan fingerprint density at radius 2 is 1.61 bits per heavy atom. The van der Waals surface area contributed by atoms with Crippen LogP contribution in [-0.2, 0) is 33.4 Å². The second kappa shape index (κ2) is 10.1. The fraction of sp³-hybridized carbons (Fsp3) is 0.350. The second-order valence-corrected chi connectivity index (χ2v) is 6.98. The molecule has 0 saturated carbocycles. The first-order valence-corrected chi connectivity index (χ1v) is 9.46. The molecule has 1 aromatic rings. The molecule has 166 valence electrons. The van der Waals surface area contributed by atoms with Crippen LogP contribution in [0.1, 0.15) is 20.8 Å². The molecule has 0 fully saturated rings. The number of carbonyl (C=O) groups is 4. The number of ether oxygens (including phenoxy) is 3. The van der Waals surface area contributed by atoms with Gasteiger partial charge >= 0.3 is 17.9 Å². The predicted octanol–water partition coefficient (Wildman–Crippen LogP) is 1.72. The Labute approximate surface area is 183 Å². The largest absolute Gasteiger partial charge is 0.466 e. The molecule has 0 spiro atoms. The highest BCUT2D eigenvalue weighted by atomic mass is 35.5. The van der Waals surface area contributed by atoms with Gasteiger partial charge < -0.3 is 24.8 Å². The Bertz CT molecular complexity index is 931. The van der Waals surface area contributed by atoms with Crippen molar-refractivity contribution < 1.29 is 33.4 Å². The number of nitrogens with one attached hydrogen (secondary N) is 2. The van der Waals surface area contributed by atoms with Gasteiger partial charge in [-0.15, -0.1) is 0 Å². The average molecular weight is 452 g/mol. The van der Waals surface area contributed by atoms with Crippen LogP contribution < -0.4 is 10.6 Å². The molecule has 2 heterocycles. The summed E-state index contributed by atoms with van der Waals surface area (Å²) in [4.78, 5) is 54.0. The van der Waals surface area contributed by atoms with Crippen molar-refractivity contribution >= 4 is 41.2 Å². The van der Waals surface area contributed by atoms with Gasteiger partial charge in [-0.25, -0.2) is 14.6 Å². The Kier molecular flexibility index (Phi) is 7.76. The molecule has 0 aliphatic carbocycles. The number of dihydropyridines is 1. The zero-order chi connectivity index (χ0) is 23.3. The smallest absolute Gasteiger partial charge is 0.336 e. The number of hydrogen-bond donors (Lipinski definition) is 2. The maximum atomic E-state index is 13.0. The van der Waals surface area contributed by atoms with E-state index in [-0.39, 0.29) is 17.0 Å². The molecule has 1 aromatic heterocycles. The van der Waals surface area contributed by atoms with Crippen molar-refractivity contribution in [2.45, 2.75) is 26.9 Å². The van der Waals surface area contributed by atoms with E-state index in [0.29, 0.717) is 16.4 Å². The van der Waals surface area contributed by atoms with Crippen molar-refractivity contribution in [3.05, 3.63) is 45.9 Å². The number of rotatable bonds is 6. The highest BCUT2D eigenvalue weighted by Gasteiger charge is 2.43. The number of methoxy groups -OCH3 is 2. The summed E-state index contributed by atoms with van der Waals surface area (Å²) in [5.74, 6) is -4.56. The molecule has 0 saturated heterocycles. The van der Waals surface area contributed by atoms with Gasteiger partial charge in [0.1, 0.15) is 11.7 Å². The molecule has 0 unspecified atom stereocenters. The summed E-state index contributed by atoms with van der Waals surface area (Å²) in [6.07, 6.45) is 0.0771. The summed E-state index contributed by atoms with van der Waals surface area (Å²) in [5.41, 5.74) is 0.374. The predicted molar refractivity (Wildman–Crippen MR) is 109 cm³/mol. The van der Waals surface area contributed by atoms with Gasteiger partial charge in [0.25, 0.3) is 5.91 Å². The summed E-state index contributed by atoms with van der Waals surface area (Å²) in [5, 5.41) is 5.73. The number of halogens is 1. The number of anilines is 1. The van der Waals surface area contributed by atoms with Gasteiger partial charge in [-0.1, -0.05) is 11.6 Å². The Morgan fingerprint density at radius 1 is 1.06 bits per heavy atom. The summed E-state index contributed by atoms with van der Waals surface area (Å²) in [6.45, 7) is 4.44. The van der Waals surface area contributed by atoms with Crippen LogP contribution in [0.25, 0.3) is 0 Å². The van der Waals surface area contributed by atoms with Crippen molar-refractivity contribution in [1.82, 2.24) is 10.3 Å². The molecule has 11 heteroatoms. The van der Waals surface area contributed by atoms with Gasteiger partial charge in [0.05, 0.1) is 30.4 Å². The minimum absolute atomic E-state index is 0.120. The monoisotopic (exact) mass is 451 g/mol. The molecule has 2 N–H and O–H groups in total.